The fourth-order valence-electron chi connectivity index (χ4n) is 2.52. The van der Waals surface area contributed by atoms with Crippen molar-refractivity contribution in [3.63, 3.8) is 0 Å². The molecule has 88 valence electrons. The van der Waals surface area contributed by atoms with Crippen molar-refractivity contribution >= 4 is 33.2 Å². The van der Waals surface area contributed by atoms with Gasteiger partial charge in [-0.15, -0.1) is 0 Å². The van der Waals surface area contributed by atoms with Gasteiger partial charge in [0.1, 0.15) is 0 Å². The fraction of sp³-hybridized carbons (Fsp3) is 0.538. The highest BCUT2D eigenvalue weighted by Crippen LogP contribution is 2.33. The van der Waals surface area contributed by atoms with Crippen LogP contribution in [0.15, 0.2) is 22.7 Å². The van der Waals surface area contributed by atoms with E-state index in [9.17, 15) is 0 Å². The molecule has 0 radical (unpaired) electrons. The highest BCUT2D eigenvalue weighted by Gasteiger charge is 2.25. The van der Waals surface area contributed by atoms with Crippen molar-refractivity contribution in [1.82, 2.24) is 0 Å². The minimum absolute atomic E-state index is 0.594. The number of benzene rings is 1. The van der Waals surface area contributed by atoms with Crippen LogP contribution in [0.25, 0.3) is 0 Å². The molecule has 2 atom stereocenters. The van der Waals surface area contributed by atoms with Crippen molar-refractivity contribution in [2.75, 3.05) is 5.32 Å². The summed E-state index contributed by atoms with van der Waals surface area (Å²) in [5, 5.41) is 4.40. The van der Waals surface area contributed by atoms with Crippen LogP contribution in [0.4, 0.5) is 5.69 Å². The van der Waals surface area contributed by atoms with Gasteiger partial charge < -0.3 is 5.32 Å². The summed E-state index contributed by atoms with van der Waals surface area (Å²) in [6.07, 6.45) is 5.20. The molecule has 0 heterocycles. The Hall–Kier alpha value is -0.210. The molecule has 1 nitrogen and oxygen atoms in total. The minimum Gasteiger partial charge on any atom is -0.381 e. The van der Waals surface area contributed by atoms with Gasteiger partial charge in [0.15, 0.2) is 0 Å². The van der Waals surface area contributed by atoms with Crippen molar-refractivity contribution in [3.8, 4) is 0 Å². The molecule has 0 spiro atoms. The summed E-state index contributed by atoms with van der Waals surface area (Å²) < 4.78 is 1.07. The topological polar surface area (TPSA) is 12.0 Å². The molecule has 1 saturated carbocycles. The molecule has 0 aromatic heterocycles. The molecule has 1 aliphatic rings. The molecule has 1 aromatic rings. The van der Waals surface area contributed by atoms with Gasteiger partial charge in [-0.3, -0.25) is 0 Å². The van der Waals surface area contributed by atoms with Crippen molar-refractivity contribution in [2.24, 2.45) is 5.92 Å². The summed E-state index contributed by atoms with van der Waals surface area (Å²) in [6, 6.07) is 6.56. The molecular weight excluding hydrogens is 286 g/mol. The number of rotatable bonds is 3. The number of hydrogen-bond acceptors (Lipinski definition) is 1. The number of anilines is 1. The van der Waals surface area contributed by atoms with E-state index in [2.05, 4.69) is 34.2 Å². The van der Waals surface area contributed by atoms with E-state index in [0.29, 0.717) is 6.04 Å². The summed E-state index contributed by atoms with van der Waals surface area (Å²) in [5.41, 5.74) is 1.06. The zero-order valence-corrected chi connectivity index (χ0v) is 11.8. The molecular formula is C13H17BrClN. The smallest absolute Gasteiger partial charge is 0.0638 e. The first-order valence-electron chi connectivity index (χ1n) is 5.92. The number of hydrogen-bond donors (Lipinski definition) is 1. The van der Waals surface area contributed by atoms with Crippen LogP contribution in [0.1, 0.15) is 32.6 Å². The van der Waals surface area contributed by atoms with Gasteiger partial charge in [0.2, 0.25) is 0 Å². The maximum Gasteiger partial charge on any atom is 0.0638 e. The van der Waals surface area contributed by atoms with E-state index in [4.69, 9.17) is 11.6 Å². The Kier molecular flexibility index (Phi) is 4.15. The molecule has 1 N–H and O–H groups in total. The van der Waals surface area contributed by atoms with E-state index in [-0.39, 0.29) is 0 Å². The van der Waals surface area contributed by atoms with Crippen LogP contribution < -0.4 is 5.32 Å². The summed E-state index contributed by atoms with van der Waals surface area (Å²) in [7, 11) is 0. The van der Waals surface area contributed by atoms with Gasteiger partial charge in [-0.1, -0.05) is 47.3 Å². The van der Waals surface area contributed by atoms with E-state index in [1.807, 2.05) is 12.1 Å². The van der Waals surface area contributed by atoms with Crippen LogP contribution in [-0.2, 0) is 0 Å². The lowest BCUT2D eigenvalue weighted by Gasteiger charge is -2.21. The van der Waals surface area contributed by atoms with Crippen LogP contribution in [-0.4, -0.2) is 6.04 Å². The quantitative estimate of drug-likeness (QED) is 0.819. The van der Waals surface area contributed by atoms with Gasteiger partial charge in [-0.05, 0) is 37.0 Å². The molecule has 0 bridgehead atoms. The summed E-state index contributed by atoms with van der Waals surface area (Å²) in [6.45, 7) is 2.27. The van der Waals surface area contributed by atoms with Crippen molar-refractivity contribution < 1.29 is 0 Å². The SMILES string of the molecule is CCC1CCCC1Nc1cc(Br)ccc1Cl. The highest BCUT2D eigenvalue weighted by atomic mass is 79.9. The molecule has 1 aliphatic carbocycles. The summed E-state index contributed by atoms with van der Waals surface area (Å²) >= 11 is 9.66. The molecule has 2 rings (SSSR count). The molecule has 2 unspecified atom stereocenters. The molecule has 3 heteroatoms. The second-order valence-electron chi connectivity index (χ2n) is 4.47. The Morgan fingerprint density at radius 2 is 2.25 bits per heavy atom. The molecule has 16 heavy (non-hydrogen) atoms. The van der Waals surface area contributed by atoms with Crippen LogP contribution in [0.5, 0.6) is 0 Å². The largest absolute Gasteiger partial charge is 0.381 e. The predicted molar refractivity (Wildman–Crippen MR) is 74.2 cm³/mol. The van der Waals surface area contributed by atoms with Crippen molar-refractivity contribution in [3.05, 3.63) is 27.7 Å². The van der Waals surface area contributed by atoms with Crippen LogP contribution in [0, 0.1) is 5.92 Å². The van der Waals surface area contributed by atoms with E-state index < -0.39 is 0 Å². The van der Waals surface area contributed by atoms with Crippen molar-refractivity contribution in [2.45, 2.75) is 38.6 Å². The Labute approximate surface area is 111 Å². The first-order chi connectivity index (χ1) is 7.70. The second kappa shape index (κ2) is 5.42. The zero-order chi connectivity index (χ0) is 11.5. The van der Waals surface area contributed by atoms with Gasteiger partial charge in [0.05, 0.1) is 10.7 Å². The normalized spacial score (nSPS) is 24.7. The van der Waals surface area contributed by atoms with E-state index >= 15 is 0 Å². The Balaban J connectivity index is 2.11. The summed E-state index contributed by atoms with van der Waals surface area (Å²) in [4.78, 5) is 0. The minimum atomic E-state index is 0.594. The van der Waals surface area contributed by atoms with Gasteiger partial charge in [0, 0.05) is 10.5 Å². The van der Waals surface area contributed by atoms with E-state index in [1.54, 1.807) is 0 Å². The standard InChI is InChI=1S/C13H17BrClN/c1-2-9-4-3-5-12(9)16-13-8-10(14)6-7-11(13)15/h6-9,12,16H,2-5H2,1H3. The molecule has 0 saturated heterocycles. The Morgan fingerprint density at radius 3 is 3.00 bits per heavy atom. The van der Waals surface area contributed by atoms with E-state index in [0.717, 1.165) is 21.1 Å². The van der Waals surface area contributed by atoms with Gasteiger partial charge >= 0.3 is 0 Å². The fourth-order valence-corrected chi connectivity index (χ4v) is 3.06. The van der Waals surface area contributed by atoms with Crippen LogP contribution in [0.2, 0.25) is 5.02 Å². The van der Waals surface area contributed by atoms with Crippen LogP contribution in [0.3, 0.4) is 0 Å². The third kappa shape index (κ3) is 2.72. The van der Waals surface area contributed by atoms with Gasteiger partial charge in [0.25, 0.3) is 0 Å². The third-order valence-electron chi connectivity index (χ3n) is 3.45. The molecule has 0 aliphatic heterocycles. The monoisotopic (exact) mass is 301 g/mol. The highest BCUT2D eigenvalue weighted by molar-refractivity contribution is 9.10. The van der Waals surface area contributed by atoms with Gasteiger partial charge in [-0.25, -0.2) is 0 Å². The second-order valence-corrected chi connectivity index (χ2v) is 5.80. The molecule has 1 aromatic carbocycles. The first kappa shape index (κ1) is 12.3. The predicted octanol–water partition coefficient (Wildman–Crippen LogP) is 5.09. The average molecular weight is 303 g/mol. The lowest BCUT2D eigenvalue weighted by molar-refractivity contribution is 0.489. The molecule has 0 amide bonds. The average Bonchev–Trinajstić information content (AvgIpc) is 2.71. The van der Waals surface area contributed by atoms with E-state index in [1.165, 1.54) is 25.7 Å². The molecule has 1 fully saturated rings. The van der Waals surface area contributed by atoms with Crippen molar-refractivity contribution in [1.29, 1.82) is 0 Å². The lowest BCUT2D eigenvalue weighted by atomic mass is 10.0. The van der Waals surface area contributed by atoms with Gasteiger partial charge in [-0.2, -0.15) is 0 Å². The number of nitrogens with one attached hydrogen (secondary N) is 1. The van der Waals surface area contributed by atoms with Crippen LogP contribution >= 0.6 is 27.5 Å². The number of halogens is 2. The maximum absolute atomic E-state index is 6.18. The lowest BCUT2D eigenvalue weighted by Crippen LogP contribution is -2.23. The maximum atomic E-state index is 6.18. The Bertz CT molecular complexity index is 367. The Morgan fingerprint density at radius 1 is 1.44 bits per heavy atom. The summed E-state index contributed by atoms with van der Waals surface area (Å²) in [5.74, 6) is 0.801. The third-order valence-corrected chi connectivity index (χ3v) is 4.28. The zero-order valence-electron chi connectivity index (χ0n) is 9.47. The first-order valence-corrected chi connectivity index (χ1v) is 7.09.